The minimum Gasteiger partial charge on any atom is -0.345 e. The topological polar surface area (TPSA) is 37.4 Å². The maximum absolute atomic E-state index is 11.7. The number of carbonyl (C=O) groups is 1. The quantitative estimate of drug-likeness (QED) is 0.794. The molecule has 0 N–H and O–H groups in total. The number of amides is 1. The summed E-state index contributed by atoms with van der Waals surface area (Å²) >= 11 is 0. The molecule has 18 heavy (non-hydrogen) atoms. The Balaban J connectivity index is 2.60. The molecular weight excluding hydrogens is 246 g/mol. The van der Waals surface area contributed by atoms with E-state index in [9.17, 15) is 9.00 Å². The first-order valence-corrected chi connectivity index (χ1v) is 7.69. The van der Waals surface area contributed by atoms with Gasteiger partial charge in [-0.2, -0.15) is 0 Å². The summed E-state index contributed by atoms with van der Waals surface area (Å²) in [5, 5.41) is 0. The predicted molar refractivity (Wildman–Crippen MR) is 76.1 cm³/mol. The van der Waals surface area contributed by atoms with Gasteiger partial charge in [0.1, 0.15) is 0 Å². The summed E-state index contributed by atoms with van der Waals surface area (Å²) in [6.45, 7) is 2.10. The third-order valence-corrected chi connectivity index (χ3v) is 4.06. The van der Waals surface area contributed by atoms with Crippen LogP contribution in [0.2, 0.25) is 0 Å². The van der Waals surface area contributed by atoms with Crippen LogP contribution in [0.25, 0.3) is 0 Å². The van der Waals surface area contributed by atoms with E-state index in [-0.39, 0.29) is 5.91 Å². The molecule has 0 fully saturated rings. The van der Waals surface area contributed by atoms with Crippen LogP contribution in [0, 0.1) is 0 Å². The SMILES string of the molecule is CCCC[S@](=O)Cc1ccc(C(=O)N(C)C)cc1. The van der Waals surface area contributed by atoms with E-state index in [0.29, 0.717) is 11.3 Å². The average Bonchev–Trinajstić information content (AvgIpc) is 2.36. The Morgan fingerprint density at radius 1 is 1.22 bits per heavy atom. The number of nitrogens with zero attached hydrogens (tertiary/aromatic N) is 1. The Labute approximate surface area is 112 Å². The first kappa shape index (κ1) is 14.9. The van der Waals surface area contributed by atoms with Crippen molar-refractivity contribution in [1.82, 2.24) is 4.90 Å². The van der Waals surface area contributed by atoms with Gasteiger partial charge in [0, 0.05) is 42.0 Å². The van der Waals surface area contributed by atoms with Gasteiger partial charge in [0.05, 0.1) is 0 Å². The fraction of sp³-hybridized carbons (Fsp3) is 0.500. The molecule has 0 radical (unpaired) electrons. The second-order valence-corrected chi connectivity index (χ2v) is 6.11. The summed E-state index contributed by atoms with van der Waals surface area (Å²) < 4.78 is 11.7. The van der Waals surface area contributed by atoms with Crippen molar-refractivity contribution in [2.45, 2.75) is 25.5 Å². The van der Waals surface area contributed by atoms with Gasteiger partial charge in [-0.05, 0) is 24.1 Å². The second kappa shape index (κ2) is 7.31. The van der Waals surface area contributed by atoms with Gasteiger partial charge in [-0.3, -0.25) is 9.00 Å². The maximum Gasteiger partial charge on any atom is 0.253 e. The summed E-state index contributed by atoms with van der Waals surface area (Å²) in [7, 11) is 2.67. The lowest BCUT2D eigenvalue weighted by molar-refractivity contribution is 0.0827. The number of rotatable bonds is 6. The first-order valence-electron chi connectivity index (χ1n) is 6.20. The lowest BCUT2D eigenvalue weighted by Crippen LogP contribution is -2.21. The molecule has 1 aromatic rings. The zero-order chi connectivity index (χ0) is 13.5. The smallest absolute Gasteiger partial charge is 0.253 e. The Kier molecular flexibility index (Phi) is 6.05. The van der Waals surface area contributed by atoms with Gasteiger partial charge < -0.3 is 4.90 Å². The lowest BCUT2D eigenvalue weighted by Gasteiger charge is -2.10. The molecule has 0 bridgehead atoms. The molecule has 0 unspecified atom stereocenters. The van der Waals surface area contributed by atoms with Crippen molar-refractivity contribution in [1.29, 1.82) is 0 Å². The number of carbonyl (C=O) groups excluding carboxylic acids is 1. The summed E-state index contributed by atoms with van der Waals surface area (Å²) in [6, 6.07) is 7.38. The van der Waals surface area contributed by atoms with Crippen molar-refractivity contribution in [2.75, 3.05) is 19.8 Å². The van der Waals surface area contributed by atoms with E-state index in [0.717, 1.165) is 24.2 Å². The molecule has 0 saturated heterocycles. The van der Waals surface area contributed by atoms with Crippen molar-refractivity contribution in [3.05, 3.63) is 35.4 Å². The third-order valence-electron chi connectivity index (χ3n) is 2.66. The zero-order valence-corrected chi connectivity index (χ0v) is 12.1. The molecule has 100 valence electrons. The molecule has 0 aromatic heterocycles. The monoisotopic (exact) mass is 267 g/mol. The molecule has 3 nitrogen and oxygen atoms in total. The highest BCUT2D eigenvalue weighted by atomic mass is 32.2. The summed E-state index contributed by atoms with van der Waals surface area (Å²) in [6.07, 6.45) is 2.08. The van der Waals surface area contributed by atoms with Crippen molar-refractivity contribution < 1.29 is 9.00 Å². The van der Waals surface area contributed by atoms with E-state index in [1.807, 2.05) is 12.1 Å². The van der Waals surface area contributed by atoms with Gasteiger partial charge in [0.2, 0.25) is 0 Å². The fourth-order valence-corrected chi connectivity index (χ4v) is 2.88. The molecule has 0 saturated carbocycles. The molecule has 1 aromatic carbocycles. The van der Waals surface area contributed by atoms with Crippen LogP contribution in [0.15, 0.2) is 24.3 Å². The largest absolute Gasteiger partial charge is 0.345 e. The normalized spacial score (nSPS) is 12.2. The number of hydrogen-bond acceptors (Lipinski definition) is 2. The number of hydrogen-bond donors (Lipinski definition) is 0. The van der Waals surface area contributed by atoms with E-state index in [1.54, 1.807) is 31.1 Å². The number of benzene rings is 1. The maximum atomic E-state index is 11.7. The molecule has 4 heteroatoms. The van der Waals surface area contributed by atoms with Gasteiger partial charge in [-0.15, -0.1) is 0 Å². The molecule has 0 aliphatic rings. The van der Waals surface area contributed by atoms with Crippen molar-refractivity contribution in [3.63, 3.8) is 0 Å². The van der Waals surface area contributed by atoms with Crippen LogP contribution in [0.3, 0.4) is 0 Å². The van der Waals surface area contributed by atoms with Crippen LogP contribution in [-0.2, 0) is 16.6 Å². The van der Waals surface area contributed by atoms with Crippen LogP contribution < -0.4 is 0 Å². The Morgan fingerprint density at radius 3 is 2.33 bits per heavy atom. The Morgan fingerprint density at radius 2 is 1.83 bits per heavy atom. The highest BCUT2D eigenvalue weighted by molar-refractivity contribution is 7.84. The summed E-state index contributed by atoms with van der Waals surface area (Å²) in [4.78, 5) is 13.2. The first-order chi connectivity index (χ1) is 8.54. The summed E-state index contributed by atoms with van der Waals surface area (Å²) in [5.41, 5.74) is 1.70. The van der Waals surface area contributed by atoms with Crippen LogP contribution in [0.4, 0.5) is 0 Å². The van der Waals surface area contributed by atoms with Crippen molar-refractivity contribution in [3.8, 4) is 0 Å². The highest BCUT2D eigenvalue weighted by Gasteiger charge is 2.08. The highest BCUT2D eigenvalue weighted by Crippen LogP contribution is 2.09. The molecular formula is C14H21NO2S. The van der Waals surface area contributed by atoms with Gasteiger partial charge >= 0.3 is 0 Å². The average molecular weight is 267 g/mol. The minimum atomic E-state index is -0.792. The van der Waals surface area contributed by atoms with E-state index in [1.165, 1.54) is 0 Å². The molecule has 0 aliphatic heterocycles. The molecule has 0 spiro atoms. The molecule has 1 amide bonds. The Bertz CT molecular complexity index is 412. The molecule has 1 atom stereocenters. The number of unbranched alkanes of at least 4 members (excludes halogenated alkanes) is 1. The van der Waals surface area contributed by atoms with Crippen LogP contribution in [0.1, 0.15) is 35.7 Å². The van der Waals surface area contributed by atoms with E-state index >= 15 is 0 Å². The fourth-order valence-electron chi connectivity index (χ4n) is 1.57. The van der Waals surface area contributed by atoms with E-state index in [2.05, 4.69) is 6.92 Å². The van der Waals surface area contributed by atoms with Gasteiger partial charge in [-0.25, -0.2) is 0 Å². The van der Waals surface area contributed by atoms with Gasteiger partial charge in [0.15, 0.2) is 0 Å². The van der Waals surface area contributed by atoms with Gasteiger partial charge in [0.25, 0.3) is 5.91 Å². The second-order valence-electron chi connectivity index (χ2n) is 4.54. The standard InChI is InChI=1S/C14H21NO2S/c1-4-5-10-18(17)11-12-6-8-13(9-7-12)14(16)15(2)3/h6-9H,4-5,10-11H2,1-3H3/t18-/m0/s1. The minimum absolute atomic E-state index is 0.00587. The summed E-state index contributed by atoms with van der Waals surface area (Å²) in [5.74, 6) is 1.33. The zero-order valence-electron chi connectivity index (χ0n) is 11.3. The third kappa shape index (κ3) is 4.61. The van der Waals surface area contributed by atoms with Crippen molar-refractivity contribution in [2.24, 2.45) is 0 Å². The Hall–Kier alpha value is -1.16. The molecule has 1 rings (SSSR count). The van der Waals surface area contributed by atoms with Gasteiger partial charge in [-0.1, -0.05) is 25.5 Å². The predicted octanol–water partition coefficient (Wildman–Crippen LogP) is 2.44. The van der Waals surface area contributed by atoms with Crippen LogP contribution in [-0.4, -0.2) is 34.9 Å². The van der Waals surface area contributed by atoms with E-state index < -0.39 is 10.8 Å². The van der Waals surface area contributed by atoms with E-state index in [4.69, 9.17) is 0 Å². The van der Waals surface area contributed by atoms with Crippen molar-refractivity contribution >= 4 is 16.7 Å². The van der Waals surface area contributed by atoms with Crippen LogP contribution >= 0.6 is 0 Å². The van der Waals surface area contributed by atoms with Crippen LogP contribution in [0.5, 0.6) is 0 Å². The lowest BCUT2D eigenvalue weighted by atomic mass is 10.1. The molecule has 0 aliphatic carbocycles. The molecule has 0 heterocycles.